The minimum Gasteiger partial charge on any atom is -0.494 e. The number of fused-ring (bicyclic) bond motifs is 1. The van der Waals surface area contributed by atoms with Crippen LogP contribution in [0.4, 0.5) is 0 Å². The van der Waals surface area contributed by atoms with Gasteiger partial charge in [-0.15, -0.1) is 0 Å². The number of rotatable bonds is 7. The van der Waals surface area contributed by atoms with Gasteiger partial charge in [0.2, 0.25) is 5.91 Å². The highest BCUT2D eigenvalue weighted by Crippen LogP contribution is 2.21. The highest BCUT2D eigenvalue weighted by molar-refractivity contribution is 6.31. The minimum absolute atomic E-state index is 0.0505. The van der Waals surface area contributed by atoms with Crippen LogP contribution in [0, 0.1) is 6.92 Å². The van der Waals surface area contributed by atoms with Crippen molar-refractivity contribution in [3.05, 3.63) is 63.7 Å². The molecule has 4 nitrogen and oxygen atoms in total. The molecule has 0 spiro atoms. The van der Waals surface area contributed by atoms with Crippen molar-refractivity contribution in [1.29, 1.82) is 0 Å². The van der Waals surface area contributed by atoms with Gasteiger partial charge in [0, 0.05) is 31.1 Å². The molecule has 0 unspecified atom stereocenters. The van der Waals surface area contributed by atoms with Crippen LogP contribution < -0.4 is 15.4 Å². The molecule has 0 aromatic heterocycles. The number of benzene rings is 2. The van der Waals surface area contributed by atoms with E-state index in [9.17, 15) is 4.79 Å². The number of carbonyl (C=O) groups excluding carboxylic acids is 1. The predicted octanol–water partition coefficient (Wildman–Crippen LogP) is 3.73. The highest BCUT2D eigenvalue weighted by atomic mass is 35.5. The second-order valence-electron chi connectivity index (χ2n) is 6.35. The average Bonchev–Trinajstić information content (AvgIpc) is 3.07. The van der Waals surface area contributed by atoms with Gasteiger partial charge in [0.15, 0.2) is 0 Å². The van der Waals surface area contributed by atoms with Crippen molar-refractivity contribution in [1.82, 2.24) is 10.6 Å². The molecule has 2 aromatic carbocycles. The number of nitrogens with one attached hydrogen (secondary N) is 2. The molecule has 1 aliphatic rings. The second-order valence-corrected chi connectivity index (χ2v) is 6.75. The monoisotopic (exact) mass is 358 g/mol. The van der Waals surface area contributed by atoms with E-state index < -0.39 is 0 Å². The van der Waals surface area contributed by atoms with Crippen LogP contribution in [0.2, 0.25) is 5.02 Å². The lowest BCUT2D eigenvalue weighted by atomic mass is 10.1. The van der Waals surface area contributed by atoms with Crippen LogP contribution in [0.15, 0.2) is 36.4 Å². The molecule has 1 heterocycles. The van der Waals surface area contributed by atoms with E-state index in [1.807, 2.05) is 25.1 Å². The molecule has 0 saturated heterocycles. The smallest absolute Gasteiger partial charge is 0.220 e. The van der Waals surface area contributed by atoms with Crippen LogP contribution in [0.1, 0.15) is 35.1 Å². The molecule has 0 saturated carbocycles. The second kappa shape index (κ2) is 8.37. The lowest BCUT2D eigenvalue weighted by molar-refractivity contribution is -0.121. The number of ether oxygens (including phenoxy) is 1. The van der Waals surface area contributed by atoms with Crippen molar-refractivity contribution in [2.45, 2.75) is 39.4 Å². The van der Waals surface area contributed by atoms with E-state index in [-0.39, 0.29) is 5.91 Å². The normalized spacial score (nSPS) is 12.7. The fourth-order valence-corrected chi connectivity index (χ4v) is 2.99. The first kappa shape index (κ1) is 17.8. The van der Waals surface area contributed by atoms with Crippen molar-refractivity contribution in [3.63, 3.8) is 0 Å². The zero-order valence-corrected chi connectivity index (χ0v) is 15.2. The molecule has 0 bridgehead atoms. The van der Waals surface area contributed by atoms with Gasteiger partial charge < -0.3 is 15.4 Å². The number of halogens is 1. The van der Waals surface area contributed by atoms with E-state index in [0.29, 0.717) is 26.0 Å². The van der Waals surface area contributed by atoms with Gasteiger partial charge in [-0.3, -0.25) is 4.79 Å². The Morgan fingerprint density at radius 2 is 2.04 bits per heavy atom. The molecule has 3 rings (SSSR count). The van der Waals surface area contributed by atoms with Crippen molar-refractivity contribution >= 4 is 17.5 Å². The van der Waals surface area contributed by atoms with Crippen LogP contribution in [0.5, 0.6) is 5.75 Å². The molecule has 0 radical (unpaired) electrons. The summed E-state index contributed by atoms with van der Waals surface area (Å²) in [6.07, 6.45) is 1.14. The summed E-state index contributed by atoms with van der Waals surface area (Å²) in [6.45, 7) is 4.88. The predicted molar refractivity (Wildman–Crippen MR) is 99.8 cm³/mol. The molecule has 0 aliphatic carbocycles. The fourth-order valence-electron chi connectivity index (χ4n) is 2.88. The van der Waals surface area contributed by atoms with Gasteiger partial charge in [0.1, 0.15) is 5.75 Å². The maximum Gasteiger partial charge on any atom is 0.220 e. The summed E-state index contributed by atoms with van der Waals surface area (Å²) in [5, 5.41) is 7.03. The third-order valence-corrected chi connectivity index (χ3v) is 4.76. The molecular formula is C20H23ClN2O2. The van der Waals surface area contributed by atoms with E-state index in [4.69, 9.17) is 16.3 Å². The number of aryl methyl sites for hydroxylation is 1. The molecular weight excluding hydrogens is 336 g/mol. The van der Waals surface area contributed by atoms with Gasteiger partial charge in [0.05, 0.1) is 6.61 Å². The summed E-state index contributed by atoms with van der Waals surface area (Å²) in [7, 11) is 0. The van der Waals surface area contributed by atoms with Crippen LogP contribution in [-0.2, 0) is 24.4 Å². The molecule has 1 amide bonds. The van der Waals surface area contributed by atoms with E-state index in [0.717, 1.165) is 35.0 Å². The molecule has 5 heteroatoms. The first-order valence-corrected chi connectivity index (χ1v) is 8.96. The van der Waals surface area contributed by atoms with Gasteiger partial charge in [-0.1, -0.05) is 29.8 Å². The fraction of sp³-hybridized carbons (Fsp3) is 0.350. The molecule has 0 fully saturated rings. The van der Waals surface area contributed by atoms with Crippen LogP contribution in [-0.4, -0.2) is 12.5 Å². The van der Waals surface area contributed by atoms with Gasteiger partial charge in [0.25, 0.3) is 0 Å². The Morgan fingerprint density at radius 3 is 2.88 bits per heavy atom. The van der Waals surface area contributed by atoms with Crippen LogP contribution >= 0.6 is 11.6 Å². The molecule has 2 aromatic rings. The molecule has 25 heavy (non-hydrogen) atoms. The lowest BCUT2D eigenvalue weighted by Gasteiger charge is -2.09. The van der Waals surface area contributed by atoms with E-state index in [2.05, 4.69) is 28.8 Å². The third-order valence-electron chi connectivity index (χ3n) is 4.34. The Kier molecular flexibility index (Phi) is 5.95. The Hall–Kier alpha value is -2.04. The first-order valence-electron chi connectivity index (χ1n) is 8.59. The van der Waals surface area contributed by atoms with E-state index in [1.165, 1.54) is 11.1 Å². The maximum absolute atomic E-state index is 12.0. The zero-order valence-electron chi connectivity index (χ0n) is 14.4. The Bertz CT molecular complexity index is 761. The summed E-state index contributed by atoms with van der Waals surface area (Å²) in [4.78, 5) is 12.0. The molecule has 0 atom stereocenters. The summed E-state index contributed by atoms with van der Waals surface area (Å²) in [5.74, 6) is 0.837. The number of carbonyl (C=O) groups is 1. The Morgan fingerprint density at radius 1 is 1.20 bits per heavy atom. The van der Waals surface area contributed by atoms with Gasteiger partial charge in [-0.25, -0.2) is 0 Å². The van der Waals surface area contributed by atoms with E-state index in [1.54, 1.807) is 0 Å². The summed E-state index contributed by atoms with van der Waals surface area (Å²) in [5.41, 5.74) is 4.81. The number of hydrogen-bond acceptors (Lipinski definition) is 3. The third kappa shape index (κ3) is 4.97. The lowest BCUT2D eigenvalue weighted by Crippen LogP contribution is -2.23. The Balaban J connectivity index is 1.36. The largest absolute Gasteiger partial charge is 0.494 e. The minimum atomic E-state index is 0.0505. The summed E-state index contributed by atoms with van der Waals surface area (Å²) >= 11 is 5.99. The Labute approximate surface area is 153 Å². The SMILES string of the molecule is Cc1cc(OCCCC(=O)NCc2ccc3c(c2)CNC3)ccc1Cl. The van der Waals surface area contributed by atoms with Crippen LogP contribution in [0.25, 0.3) is 0 Å². The van der Waals surface area contributed by atoms with Gasteiger partial charge in [-0.2, -0.15) is 0 Å². The average molecular weight is 359 g/mol. The van der Waals surface area contributed by atoms with Crippen molar-refractivity contribution < 1.29 is 9.53 Å². The summed E-state index contributed by atoms with van der Waals surface area (Å²) < 4.78 is 5.66. The van der Waals surface area contributed by atoms with Crippen molar-refractivity contribution in [3.8, 4) is 5.75 Å². The number of hydrogen-bond donors (Lipinski definition) is 2. The van der Waals surface area contributed by atoms with Gasteiger partial charge >= 0.3 is 0 Å². The topological polar surface area (TPSA) is 50.4 Å². The number of amides is 1. The van der Waals surface area contributed by atoms with Crippen molar-refractivity contribution in [2.75, 3.05) is 6.61 Å². The van der Waals surface area contributed by atoms with E-state index >= 15 is 0 Å². The van der Waals surface area contributed by atoms with Gasteiger partial charge in [-0.05, 0) is 53.8 Å². The quantitative estimate of drug-likeness (QED) is 0.741. The molecule has 132 valence electrons. The molecule has 2 N–H and O–H groups in total. The summed E-state index contributed by atoms with van der Waals surface area (Å²) in [6, 6.07) is 12.0. The van der Waals surface area contributed by atoms with Crippen LogP contribution in [0.3, 0.4) is 0 Å². The maximum atomic E-state index is 12.0. The van der Waals surface area contributed by atoms with Crippen molar-refractivity contribution in [2.24, 2.45) is 0 Å². The first-order chi connectivity index (χ1) is 12.1. The molecule has 1 aliphatic heterocycles. The zero-order chi connectivity index (χ0) is 17.6. The standard InChI is InChI=1S/C20H23ClN2O2/c1-14-9-18(6-7-19(14)21)25-8-2-3-20(24)23-11-15-4-5-16-12-22-13-17(16)10-15/h4-7,9-10,22H,2-3,8,11-13H2,1H3,(H,23,24). The highest BCUT2D eigenvalue weighted by Gasteiger charge is 2.10.